The van der Waals surface area contributed by atoms with E-state index in [1.54, 1.807) is 25.1 Å². The molecule has 0 saturated heterocycles. The molecule has 0 aliphatic heterocycles. The molecule has 0 radical (unpaired) electrons. The topological polar surface area (TPSA) is 192 Å². The Morgan fingerprint density at radius 3 is 2.44 bits per heavy atom. The normalized spacial score (nSPS) is 13.8. The highest BCUT2D eigenvalue weighted by molar-refractivity contribution is 5.97. The minimum absolute atomic E-state index is 0.0438. The largest absolute Gasteiger partial charge is 0.439 e. The molecule has 2 heterocycles. The average molecular weight is 609 g/mol. The van der Waals surface area contributed by atoms with Crippen molar-refractivity contribution in [2.45, 2.75) is 32.0 Å². The van der Waals surface area contributed by atoms with E-state index in [9.17, 15) is 24.0 Å². The highest BCUT2D eigenvalue weighted by Crippen LogP contribution is 2.33. The van der Waals surface area contributed by atoms with Gasteiger partial charge in [-0.1, -0.05) is 41.6 Å². The molecular formula is C31H28N8O6. The Balaban J connectivity index is 1.05. The fraction of sp³-hybridized carbons (Fsp3) is 0.226. The first kappa shape index (κ1) is 29.2. The maximum Gasteiger partial charge on any atom is 0.439 e. The molecule has 0 fully saturated rings. The minimum Gasteiger partial charge on any atom is -0.376 e. The number of aromatic nitrogens is 4. The summed E-state index contributed by atoms with van der Waals surface area (Å²) in [5.41, 5.74) is 4.05. The van der Waals surface area contributed by atoms with Crippen molar-refractivity contribution in [2.24, 2.45) is 0 Å². The van der Waals surface area contributed by atoms with Crippen molar-refractivity contribution < 1.29 is 14.1 Å². The van der Waals surface area contributed by atoms with Crippen LogP contribution in [-0.2, 0) is 19.5 Å². The maximum atomic E-state index is 13.1. The number of fused-ring (bicyclic) bond motifs is 1. The number of aryl methyl sites for hydroxylation is 1. The maximum absolute atomic E-state index is 13.1. The van der Waals surface area contributed by atoms with Gasteiger partial charge in [0.2, 0.25) is 0 Å². The Kier molecular flexibility index (Phi) is 7.77. The van der Waals surface area contributed by atoms with Crippen LogP contribution < -0.4 is 37.5 Å². The van der Waals surface area contributed by atoms with Gasteiger partial charge in [-0.2, -0.15) is 0 Å². The summed E-state index contributed by atoms with van der Waals surface area (Å²) in [7, 11) is 3.41. The first-order valence-electron chi connectivity index (χ1n) is 14.1. The van der Waals surface area contributed by atoms with Crippen LogP contribution in [0.5, 0.6) is 0 Å². The highest BCUT2D eigenvalue weighted by atomic mass is 16.5. The lowest BCUT2D eigenvalue weighted by atomic mass is 10.0. The Morgan fingerprint density at radius 1 is 0.956 bits per heavy atom. The number of nitrogens with zero attached hydrogens (tertiary/aromatic N) is 4. The summed E-state index contributed by atoms with van der Waals surface area (Å²) >= 11 is 0. The van der Waals surface area contributed by atoms with Gasteiger partial charge in [0, 0.05) is 38.8 Å². The molecule has 228 valence electrons. The standard InChI is InChI=1S/C31H28N8O6/c1-39(2)25-24(26(40)27(25)41)32-13-16-4-3-5-17(10-16)14-33-29(42)22-12-23(35-15-34-22)30(43)36-21-9-7-18-11-19(6-8-20(18)21)28-37-31(44)45-38-28/h3-6,8,10-12,15,21,32H,7,9,13-14H2,1-2H3,(H,33,42)(H,36,43)(H,37,38,44)/t21-/m0/s1. The average Bonchev–Trinajstić information content (AvgIpc) is 3.66. The number of amides is 2. The number of H-pyrrole nitrogens is 1. The molecule has 45 heavy (non-hydrogen) atoms. The van der Waals surface area contributed by atoms with E-state index < -0.39 is 28.4 Å². The van der Waals surface area contributed by atoms with Gasteiger partial charge in [0.15, 0.2) is 5.82 Å². The van der Waals surface area contributed by atoms with E-state index in [0.717, 1.165) is 28.7 Å². The first-order valence-corrected chi connectivity index (χ1v) is 14.1. The van der Waals surface area contributed by atoms with Gasteiger partial charge in [-0.25, -0.2) is 14.8 Å². The van der Waals surface area contributed by atoms with Crippen LogP contribution in [0.25, 0.3) is 11.4 Å². The molecule has 0 unspecified atom stereocenters. The molecule has 3 aromatic carbocycles. The summed E-state index contributed by atoms with van der Waals surface area (Å²) in [4.78, 5) is 73.3. The van der Waals surface area contributed by atoms with E-state index in [4.69, 9.17) is 0 Å². The van der Waals surface area contributed by atoms with Gasteiger partial charge in [-0.05, 0) is 41.2 Å². The van der Waals surface area contributed by atoms with Gasteiger partial charge >= 0.3 is 5.76 Å². The molecule has 4 N–H and O–H groups in total. The van der Waals surface area contributed by atoms with E-state index in [1.165, 1.54) is 12.4 Å². The summed E-state index contributed by atoms with van der Waals surface area (Å²) in [6.07, 6.45) is 2.57. The SMILES string of the molecule is CN(C)c1c(NCc2cccc(CNC(=O)c3cc(C(=O)N[C@H]4CCc5cc(-c6noc(=O)[nH]6)ccc54)ncn3)c2)c(=O)c1=O. The van der Waals surface area contributed by atoms with Crippen molar-refractivity contribution in [3.05, 3.63) is 119 Å². The van der Waals surface area contributed by atoms with Crippen LogP contribution in [0.3, 0.4) is 0 Å². The third kappa shape index (κ3) is 5.98. The number of aromatic amines is 1. The van der Waals surface area contributed by atoms with Crippen molar-refractivity contribution in [1.29, 1.82) is 0 Å². The van der Waals surface area contributed by atoms with E-state index >= 15 is 0 Å². The van der Waals surface area contributed by atoms with Crippen LogP contribution in [0.2, 0.25) is 0 Å². The Hall–Kier alpha value is -5.92. The second-order valence-corrected chi connectivity index (χ2v) is 10.8. The molecule has 1 aliphatic carbocycles. The number of carbonyl (C=O) groups excluding carboxylic acids is 2. The first-order chi connectivity index (χ1) is 21.7. The zero-order valence-electron chi connectivity index (χ0n) is 24.3. The zero-order valence-corrected chi connectivity index (χ0v) is 24.3. The summed E-state index contributed by atoms with van der Waals surface area (Å²) in [5.74, 6) is -1.21. The molecule has 6 rings (SSSR count). The van der Waals surface area contributed by atoms with Crippen LogP contribution in [0, 0.1) is 0 Å². The predicted octanol–water partition coefficient (Wildman–Crippen LogP) is 1.44. The number of nitrogens with one attached hydrogen (secondary N) is 4. The number of hydrogen-bond acceptors (Lipinski definition) is 11. The smallest absolute Gasteiger partial charge is 0.376 e. The molecule has 2 aromatic heterocycles. The fourth-order valence-corrected chi connectivity index (χ4v) is 5.39. The van der Waals surface area contributed by atoms with Gasteiger partial charge in [0.25, 0.3) is 22.7 Å². The summed E-state index contributed by atoms with van der Waals surface area (Å²) in [6, 6.07) is 14.1. The lowest BCUT2D eigenvalue weighted by molar-refractivity contribution is 0.0931. The molecule has 1 aliphatic rings. The molecule has 0 bridgehead atoms. The lowest BCUT2D eigenvalue weighted by Crippen LogP contribution is -2.39. The lowest BCUT2D eigenvalue weighted by Gasteiger charge is -2.19. The molecule has 14 nitrogen and oxygen atoms in total. The third-order valence-corrected chi connectivity index (χ3v) is 7.62. The van der Waals surface area contributed by atoms with Crippen LogP contribution in [0.1, 0.15) is 55.7 Å². The van der Waals surface area contributed by atoms with Crippen LogP contribution in [0.4, 0.5) is 11.4 Å². The molecule has 0 saturated carbocycles. The fourth-order valence-electron chi connectivity index (χ4n) is 5.39. The second-order valence-electron chi connectivity index (χ2n) is 10.8. The zero-order chi connectivity index (χ0) is 31.7. The summed E-state index contributed by atoms with van der Waals surface area (Å²) in [6.45, 7) is 0.525. The summed E-state index contributed by atoms with van der Waals surface area (Å²) < 4.78 is 4.58. The van der Waals surface area contributed by atoms with Crippen LogP contribution >= 0.6 is 0 Å². The van der Waals surface area contributed by atoms with Gasteiger partial charge in [0.1, 0.15) is 29.1 Å². The molecule has 5 aromatic rings. The van der Waals surface area contributed by atoms with E-state index in [0.29, 0.717) is 35.7 Å². The monoisotopic (exact) mass is 608 g/mol. The Labute approximate surface area is 255 Å². The molecule has 14 heteroatoms. The number of carbonyl (C=O) groups is 2. The second kappa shape index (κ2) is 12.0. The number of rotatable bonds is 10. The number of benzene rings is 2. The van der Waals surface area contributed by atoms with Crippen LogP contribution in [0.15, 0.2) is 73.8 Å². The van der Waals surface area contributed by atoms with Crippen molar-refractivity contribution in [3.63, 3.8) is 0 Å². The van der Waals surface area contributed by atoms with Crippen molar-refractivity contribution >= 4 is 23.2 Å². The highest BCUT2D eigenvalue weighted by Gasteiger charge is 2.26. The quantitative estimate of drug-likeness (QED) is 0.168. The van der Waals surface area contributed by atoms with Gasteiger partial charge < -0.3 is 20.9 Å². The van der Waals surface area contributed by atoms with Crippen molar-refractivity contribution in [3.8, 4) is 11.4 Å². The number of hydrogen-bond donors (Lipinski definition) is 4. The Morgan fingerprint density at radius 2 is 1.71 bits per heavy atom. The van der Waals surface area contributed by atoms with E-state index in [2.05, 4.69) is 40.6 Å². The summed E-state index contributed by atoms with van der Waals surface area (Å²) in [5, 5.41) is 12.5. The van der Waals surface area contributed by atoms with Gasteiger partial charge in [-0.15, -0.1) is 0 Å². The van der Waals surface area contributed by atoms with Gasteiger partial charge in [0.05, 0.1) is 6.04 Å². The third-order valence-electron chi connectivity index (χ3n) is 7.62. The van der Waals surface area contributed by atoms with Crippen molar-refractivity contribution in [1.82, 2.24) is 30.7 Å². The number of anilines is 2. The molecular weight excluding hydrogens is 580 g/mol. The minimum atomic E-state index is -0.632. The van der Waals surface area contributed by atoms with Crippen molar-refractivity contribution in [2.75, 3.05) is 24.3 Å². The Bertz CT molecular complexity index is 2060. The molecule has 1 atom stereocenters. The van der Waals surface area contributed by atoms with Crippen LogP contribution in [-0.4, -0.2) is 46.0 Å². The molecule has 2 amide bonds. The van der Waals surface area contributed by atoms with E-state index in [1.807, 2.05) is 36.4 Å². The molecule has 0 spiro atoms. The predicted molar refractivity (Wildman–Crippen MR) is 164 cm³/mol. The van der Waals surface area contributed by atoms with Gasteiger partial charge in [-0.3, -0.25) is 28.7 Å². The van der Waals surface area contributed by atoms with E-state index in [-0.39, 0.29) is 24.0 Å².